The summed E-state index contributed by atoms with van der Waals surface area (Å²) in [5.74, 6) is 1.50. The minimum absolute atomic E-state index is 0.259. The van der Waals surface area contributed by atoms with Crippen LogP contribution in [-0.2, 0) is 6.54 Å². The Kier molecular flexibility index (Phi) is 6.12. The van der Waals surface area contributed by atoms with Crippen molar-refractivity contribution in [1.29, 1.82) is 0 Å². The van der Waals surface area contributed by atoms with Gasteiger partial charge in [0.25, 0.3) is 0 Å². The first-order valence-electron chi connectivity index (χ1n) is 6.69. The number of aliphatic hydroxyl groups excluding tert-OH is 1. The highest BCUT2D eigenvalue weighted by Gasteiger charge is 2.14. The van der Waals surface area contributed by atoms with E-state index < -0.39 is 6.10 Å². The number of methoxy groups -OCH3 is 1. The number of rotatable bonds is 7. The highest BCUT2D eigenvalue weighted by molar-refractivity contribution is 5.41. The zero-order valence-electron chi connectivity index (χ0n) is 12.4. The second kappa shape index (κ2) is 7.36. The molecule has 19 heavy (non-hydrogen) atoms. The monoisotopic (exact) mass is 267 g/mol. The third kappa shape index (κ3) is 5.09. The summed E-state index contributed by atoms with van der Waals surface area (Å²) in [6.07, 6.45) is -0.776. The molecular weight excluding hydrogens is 242 g/mol. The Morgan fingerprint density at radius 2 is 1.89 bits per heavy atom. The van der Waals surface area contributed by atoms with Gasteiger partial charge in [0.05, 0.1) is 13.2 Å². The van der Waals surface area contributed by atoms with Crippen molar-refractivity contribution >= 4 is 0 Å². The van der Waals surface area contributed by atoms with Crippen molar-refractivity contribution in [2.75, 3.05) is 7.11 Å². The molecule has 2 N–H and O–H groups in total. The summed E-state index contributed by atoms with van der Waals surface area (Å²) in [5.41, 5.74) is 1.06. The first kappa shape index (κ1) is 15.8. The third-order valence-corrected chi connectivity index (χ3v) is 2.97. The first-order chi connectivity index (χ1) is 8.93. The van der Waals surface area contributed by atoms with Crippen LogP contribution in [-0.4, -0.2) is 30.5 Å². The van der Waals surface area contributed by atoms with Crippen LogP contribution in [0, 0.1) is 0 Å². The van der Waals surface area contributed by atoms with E-state index in [1.165, 1.54) is 0 Å². The van der Waals surface area contributed by atoms with Crippen molar-refractivity contribution < 1.29 is 14.6 Å². The van der Waals surface area contributed by atoms with Crippen LogP contribution in [0.1, 0.15) is 33.3 Å². The van der Waals surface area contributed by atoms with Crippen LogP contribution in [0.5, 0.6) is 11.5 Å². The van der Waals surface area contributed by atoms with E-state index in [2.05, 4.69) is 19.2 Å². The number of nitrogens with one attached hydrogen (secondary N) is 1. The molecule has 0 saturated heterocycles. The fourth-order valence-corrected chi connectivity index (χ4v) is 1.53. The highest BCUT2D eigenvalue weighted by Crippen LogP contribution is 2.26. The van der Waals surface area contributed by atoms with E-state index in [1.54, 1.807) is 14.0 Å². The van der Waals surface area contributed by atoms with Crippen LogP contribution in [0.2, 0.25) is 0 Å². The maximum atomic E-state index is 9.55. The van der Waals surface area contributed by atoms with Crippen LogP contribution < -0.4 is 14.8 Å². The van der Waals surface area contributed by atoms with Gasteiger partial charge in [0.1, 0.15) is 17.6 Å². The lowest BCUT2D eigenvalue weighted by Gasteiger charge is -2.20. The molecule has 108 valence electrons. The van der Waals surface area contributed by atoms with Crippen LogP contribution in [0.25, 0.3) is 0 Å². The topological polar surface area (TPSA) is 50.7 Å². The van der Waals surface area contributed by atoms with Crippen LogP contribution in [0.3, 0.4) is 0 Å². The summed E-state index contributed by atoms with van der Waals surface area (Å²) in [5, 5.41) is 12.9. The molecule has 0 fully saturated rings. The molecule has 0 heterocycles. The summed E-state index contributed by atoms with van der Waals surface area (Å²) in [6.45, 7) is 8.50. The van der Waals surface area contributed by atoms with Crippen molar-refractivity contribution in [3.05, 3.63) is 23.8 Å². The number of hydrogen-bond donors (Lipinski definition) is 2. The Bertz CT molecular complexity index is 391. The number of aliphatic hydroxyl groups is 1. The molecule has 1 rings (SSSR count). The Morgan fingerprint density at radius 3 is 2.42 bits per heavy atom. The van der Waals surface area contributed by atoms with Crippen molar-refractivity contribution in [1.82, 2.24) is 5.32 Å². The molecule has 0 bridgehead atoms. The molecule has 0 amide bonds. The van der Waals surface area contributed by atoms with Crippen molar-refractivity contribution in [3.8, 4) is 11.5 Å². The SMILES string of the molecule is COc1ccc(CNC(C)C)c(OC(C)C(C)O)c1. The third-order valence-electron chi connectivity index (χ3n) is 2.97. The maximum absolute atomic E-state index is 9.55. The Morgan fingerprint density at radius 1 is 1.21 bits per heavy atom. The molecule has 2 unspecified atom stereocenters. The molecule has 2 atom stereocenters. The second-order valence-corrected chi connectivity index (χ2v) is 5.07. The van der Waals surface area contributed by atoms with Crippen LogP contribution >= 0.6 is 0 Å². The average molecular weight is 267 g/mol. The Labute approximate surface area is 115 Å². The lowest BCUT2D eigenvalue weighted by Crippen LogP contribution is -2.27. The standard InChI is InChI=1S/C15H25NO3/c1-10(2)16-9-13-6-7-14(18-5)8-15(13)19-12(4)11(3)17/h6-8,10-12,16-17H,9H2,1-5H3. The van der Waals surface area contributed by atoms with Gasteiger partial charge in [0.15, 0.2) is 0 Å². The smallest absolute Gasteiger partial charge is 0.128 e. The van der Waals surface area contributed by atoms with E-state index in [4.69, 9.17) is 9.47 Å². The zero-order chi connectivity index (χ0) is 14.4. The summed E-state index contributed by atoms with van der Waals surface area (Å²) < 4.78 is 11.0. The molecule has 0 aliphatic carbocycles. The summed E-state index contributed by atoms with van der Waals surface area (Å²) >= 11 is 0. The summed E-state index contributed by atoms with van der Waals surface area (Å²) in [7, 11) is 1.63. The molecule has 0 spiro atoms. The van der Waals surface area contributed by atoms with E-state index in [0.717, 1.165) is 23.6 Å². The van der Waals surface area contributed by atoms with Gasteiger partial charge < -0.3 is 19.9 Å². The van der Waals surface area contributed by atoms with E-state index in [-0.39, 0.29) is 6.10 Å². The first-order valence-corrected chi connectivity index (χ1v) is 6.69. The van der Waals surface area contributed by atoms with Gasteiger partial charge in [-0.25, -0.2) is 0 Å². The number of ether oxygens (including phenoxy) is 2. The van der Waals surface area contributed by atoms with Gasteiger partial charge in [-0.1, -0.05) is 19.9 Å². The Hall–Kier alpha value is -1.26. The van der Waals surface area contributed by atoms with Crippen LogP contribution in [0.15, 0.2) is 18.2 Å². The molecule has 4 heteroatoms. The van der Waals surface area contributed by atoms with E-state index in [0.29, 0.717) is 6.04 Å². The quantitative estimate of drug-likeness (QED) is 0.796. The van der Waals surface area contributed by atoms with Gasteiger partial charge in [-0.2, -0.15) is 0 Å². The fraction of sp³-hybridized carbons (Fsp3) is 0.600. The molecule has 0 aromatic heterocycles. The van der Waals surface area contributed by atoms with Gasteiger partial charge in [-0.15, -0.1) is 0 Å². The predicted molar refractivity (Wildman–Crippen MR) is 76.7 cm³/mol. The summed E-state index contributed by atoms with van der Waals surface area (Å²) in [6, 6.07) is 6.16. The molecule has 0 saturated carbocycles. The molecule has 1 aromatic rings. The average Bonchev–Trinajstić information content (AvgIpc) is 2.36. The van der Waals surface area contributed by atoms with Gasteiger partial charge in [0.2, 0.25) is 0 Å². The number of hydrogen-bond acceptors (Lipinski definition) is 4. The maximum Gasteiger partial charge on any atom is 0.128 e. The van der Waals surface area contributed by atoms with Crippen molar-refractivity contribution in [2.24, 2.45) is 0 Å². The summed E-state index contributed by atoms with van der Waals surface area (Å²) in [4.78, 5) is 0. The molecule has 0 aliphatic rings. The molecule has 1 aromatic carbocycles. The lowest BCUT2D eigenvalue weighted by atomic mass is 10.1. The Balaban J connectivity index is 2.88. The highest BCUT2D eigenvalue weighted by atomic mass is 16.5. The molecular formula is C15H25NO3. The van der Waals surface area contributed by atoms with Crippen LogP contribution in [0.4, 0.5) is 0 Å². The van der Waals surface area contributed by atoms with Crippen molar-refractivity contribution in [3.63, 3.8) is 0 Å². The van der Waals surface area contributed by atoms with Gasteiger partial charge >= 0.3 is 0 Å². The number of benzene rings is 1. The van der Waals surface area contributed by atoms with Gasteiger partial charge in [-0.05, 0) is 19.9 Å². The van der Waals surface area contributed by atoms with E-state index in [9.17, 15) is 5.11 Å². The largest absolute Gasteiger partial charge is 0.497 e. The predicted octanol–water partition coefficient (Wildman–Crippen LogP) is 2.34. The molecule has 0 aliphatic heterocycles. The second-order valence-electron chi connectivity index (χ2n) is 5.07. The zero-order valence-corrected chi connectivity index (χ0v) is 12.4. The van der Waals surface area contributed by atoms with Crippen molar-refractivity contribution in [2.45, 2.75) is 52.5 Å². The van der Waals surface area contributed by atoms with E-state index in [1.807, 2.05) is 25.1 Å². The molecule has 4 nitrogen and oxygen atoms in total. The normalized spacial score (nSPS) is 14.3. The molecule has 0 radical (unpaired) electrons. The minimum Gasteiger partial charge on any atom is -0.497 e. The van der Waals surface area contributed by atoms with Gasteiger partial charge in [-0.3, -0.25) is 0 Å². The van der Waals surface area contributed by atoms with Gasteiger partial charge in [0, 0.05) is 24.2 Å². The fourth-order valence-electron chi connectivity index (χ4n) is 1.53. The van der Waals surface area contributed by atoms with E-state index >= 15 is 0 Å². The minimum atomic E-state index is -0.517. The lowest BCUT2D eigenvalue weighted by molar-refractivity contribution is 0.0596.